The van der Waals surface area contributed by atoms with Crippen molar-refractivity contribution in [1.82, 2.24) is 19.8 Å². The Morgan fingerprint density at radius 3 is 2.38 bits per heavy atom. The summed E-state index contributed by atoms with van der Waals surface area (Å²) in [6.45, 7) is 1.45. The molecule has 3 heterocycles. The SMILES string of the molecule is CN(C)C(=O)Nc1cncc(-c2ccc(N)c(C(=N)C(=O)Nc3ccc(C(=O)N4CCCC4)nc3)c2)c1. The van der Waals surface area contributed by atoms with Crippen LogP contribution in [0.25, 0.3) is 11.1 Å². The van der Waals surface area contributed by atoms with Gasteiger partial charge in [0.05, 0.1) is 23.8 Å². The quantitative estimate of drug-likeness (QED) is 0.301. The van der Waals surface area contributed by atoms with Gasteiger partial charge in [0.2, 0.25) is 0 Å². The maximum Gasteiger partial charge on any atom is 0.321 e. The lowest BCUT2D eigenvalue weighted by molar-refractivity contribution is -0.110. The number of aromatic nitrogens is 2. The molecule has 0 radical (unpaired) electrons. The zero-order valence-electron chi connectivity index (χ0n) is 20.6. The number of carbonyl (C=O) groups is 3. The van der Waals surface area contributed by atoms with Crippen molar-refractivity contribution in [2.45, 2.75) is 12.8 Å². The number of nitrogens with two attached hydrogens (primary N) is 1. The molecule has 0 spiro atoms. The fraction of sp³-hybridized carbons (Fsp3) is 0.231. The smallest absolute Gasteiger partial charge is 0.321 e. The van der Waals surface area contributed by atoms with Crippen LogP contribution in [0.4, 0.5) is 21.9 Å². The molecule has 1 aliphatic heterocycles. The third-order valence-electron chi connectivity index (χ3n) is 5.91. The zero-order valence-corrected chi connectivity index (χ0v) is 20.6. The van der Waals surface area contributed by atoms with Crippen molar-refractivity contribution < 1.29 is 14.4 Å². The minimum absolute atomic E-state index is 0.132. The van der Waals surface area contributed by atoms with Crippen molar-refractivity contribution in [3.8, 4) is 11.1 Å². The predicted molar refractivity (Wildman–Crippen MR) is 142 cm³/mol. The van der Waals surface area contributed by atoms with E-state index < -0.39 is 5.91 Å². The lowest BCUT2D eigenvalue weighted by Gasteiger charge is -2.15. The molecule has 0 atom stereocenters. The molecule has 1 aromatic carbocycles. The predicted octanol–water partition coefficient (Wildman–Crippen LogP) is 3.06. The highest BCUT2D eigenvalue weighted by atomic mass is 16.2. The van der Waals surface area contributed by atoms with Gasteiger partial charge in [-0.25, -0.2) is 9.78 Å². The van der Waals surface area contributed by atoms with Crippen molar-refractivity contribution in [3.63, 3.8) is 0 Å². The normalized spacial score (nSPS) is 12.6. The minimum atomic E-state index is -0.672. The van der Waals surface area contributed by atoms with Gasteiger partial charge in [0.1, 0.15) is 11.4 Å². The van der Waals surface area contributed by atoms with Crippen LogP contribution in [0.3, 0.4) is 0 Å². The van der Waals surface area contributed by atoms with Gasteiger partial charge in [-0.3, -0.25) is 20.0 Å². The fourth-order valence-electron chi connectivity index (χ4n) is 3.85. The average Bonchev–Trinajstić information content (AvgIpc) is 3.44. The molecule has 3 aromatic rings. The molecule has 5 N–H and O–H groups in total. The van der Waals surface area contributed by atoms with Crippen LogP contribution in [0.5, 0.6) is 0 Å². The number of nitrogen functional groups attached to an aromatic ring is 1. The topological polar surface area (TPSA) is 157 Å². The van der Waals surface area contributed by atoms with Crippen LogP contribution in [0.2, 0.25) is 0 Å². The first-order chi connectivity index (χ1) is 17.7. The van der Waals surface area contributed by atoms with E-state index in [1.165, 1.54) is 17.3 Å². The van der Waals surface area contributed by atoms with Crippen LogP contribution < -0.4 is 16.4 Å². The van der Waals surface area contributed by atoms with Gasteiger partial charge in [-0.2, -0.15) is 0 Å². The van der Waals surface area contributed by atoms with E-state index in [0.29, 0.717) is 28.2 Å². The second-order valence-corrected chi connectivity index (χ2v) is 8.85. The Bertz CT molecular complexity index is 1350. The number of pyridine rings is 2. The van der Waals surface area contributed by atoms with Gasteiger partial charge in [-0.1, -0.05) is 6.07 Å². The highest BCUT2D eigenvalue weighted by Crippen LogP contribution is 2.26. The number of rotatable bonds is 6. The lowest BCUT2D eigenvalue weighted by atomic mass is 10.00. The van der Waals surface area contributed by atoms with Crippen molar-refractivity contribution >= 4 is 40.6 Å². The second kappa shape index (κ2) is 10.9. The van der Waals surface area contributed by atoms with Crippen LogP contribution >= 0.6 is 0 Å². The second-order valence-electron chi connectivity index (χ2n) is 8.85. The van der Waals surface area contributed by atoms with E-state index in [-0.39, 0.29) is 28.9 Å². The number of nitrogens with zero attached hydrogens (tertiary/aromatic N) is 4. The number of nitrogens with one attached hydrogen (secondary N) is 3. The molecule has 1 saturated heterocycles. The van der Waals surface area contributed by atoms with E-state index >= 15 is 0 Å². The van der Waals surface area contributed by atoms with Gasteiger partial charge in [0.15, 0.2) is 0 Å². The maximum atomic E-state index is 12.8. The molecule has 0 aliphatic carbocycles. The Kier molecular flexibility index (Phi) is 7.42. The van der Waals surface area contributed by atoms with Crippen LogP contribution in [-0.4, -0.2) is 70.5 Å². The van der Waals surface area contributed by atoms with Gasteiger partial charge in [0.25, 0.3) is 11.8 Å². The molecule has 0 bridgehead atoms. The summed E-state index contributed by atoms with van der Waals surface area (Å²) in [7, 11) is 3.27. The number of urea groups is 1. The summed E-state index contributed by atoms with van der Waals surface area (Å²) < 4.78 is 0. The molecule has 4 rings (SSSR count). The third-order valence-corrected chi connectivity index (χ3v) is 5.91. The van der Waals surface area contributed by atoms with Crippen molar-refractivity contribution in [2.24, 2.45) is 0 Å². The number of carbonyl (C=O) groups excluding carboxylic acids is 3. The zero-order chi connectivity index (χ0) is 26.5. The van der Waals surface area contributed by atoms with E-state index in [4.69, 9.17) is 11.1 Å². The first-order valence-electron chi connectivity index (χ1n) is 11.7. The summed E-state index contributed by atoms with van der Waals surface area (Å²) >= 11 is 0. The third kappa shape index (κ3) is 5.89. The number of amides is 4. The number of benzene rings is 1. The van der Waals surface area contributed by atoms with E-state index in [1.54, 1.807) is 61.6 Å². The minimum Gasteiger partial charge on any atom is -0.398 e. The molecule has 1 aliphatic rings. The first kappa shape index (κ1) is 25.3. The molecular formula is C26H28N8O3. The van der Waals surface area contributed by atoms with Gasteiger partial charge in [0, 0.05) is 50.2 Å². The molecule has 0 unspecified atom stereocenters. The largest absolute Gasteiger partial charge is 0.398 e. The van der Waals surface area contributed by atoms with E-state index in [0.717, 1.165) is 25.9 Å². The number of anilines is 3. The molecule has 11 heteroatoms. The molecule has 0 saturated carbocycles. The van der Waals surface area contributed by atoms with E-state index in [9.17, 15) is 14.4 Å². The number of likely N-dealkylation sites (tertiary alicyclic amines) is 1. The molecule has 4 amide bonds. The van der Waals surface area contributed by atoms with Gasteiger partial charge >= 0.3 is 6.03 Å². The van der Waals surface area contributed by atoms with E-state index in [1.807, 2.05) is 0 Å². The Balaban J connectivity index is 1.48. The molecular weight excluding hydrogens is 472 g/mol. The molecule has 11 nitrogen and oxygen atoms in total. The number of hydrogen-bond donors (Lipinski definition) is 4. The van der Waals surface area contributed by atoms with Crippen LogP contribution in [-0.2, 0) is 4.79 Å². The Morgan fingerprint density at radius 2 is 1.70 bits per heavy atom. The first-order valence-corrected chi connectivity index (χ1v) is 11.7. The van der Waals surface area contributed by atoms with Crippen LogP contribution in [0.15, 0.2) is 55.0 Å². The molecule has 1 fully saturated rings. The fourth-order valence-corrected chi connectivity index (χ4v) is 3.85. The standard InChI is InChI=1S/C26H28N8O3/c1-33(2)26(37)32-19-11-17(13-29-14-19)16-5-7-21(27)20(12-16)23(28)24(35)31-18-6-8-22(30-15-18)25(36)34-9-3-4-10-34/h5-8,11-15,28H,3-4,9-10,27H2,1-2H3,(H,31,35)(H,32,37). The van der Waals surface area contributed by atoms with Crippen molar-refractivity contribution in [3.05, 3.63) is 66.2 Å². The highest BCUT2D eigenvalue weighted by molar-refractivity contribution is 6.48. The average molecular weight is 501 g/mol. The summed E-state index contributed by atoms with van der Waals surface area (Å²) in [4.78, 5) is 48.8. The summed E-state index contributed by atoms with van der Waals surface area (Å²) in [6, 6.07) is 9.57. The highest BCUT2D eigenvalue weighted by Gasteiger charge is 2.21. The Labute approximate surface area is 214 Å². The summed E-state index contributed by atoms with van der Waals surface area (Å²) in [5, 5.41) is 13.8. The number of hydrogen-bond acceptors (Lipinski definition) is 7. The van der Waals surface area contributed by atoms with Gasteiger partial charge in [-0.15, -0.1) is 0 Å². The Hall–Kier alpha value is -4.80. The van der Waals surface area contributed by atoms with Crippen LogP contribution in [0.1, 0.15) is 28.9 Å². The van der Waals surface area contributed by atoms with E-state index in [2.05, 4.69) is 20.6 Å². The monoisotopic (exact) mass is 500 g/mol. The lowest BCUT2D eigenvalue weighted by Crippen LogP contribution is -2.28. The van der Waals surface area contributed by atoms with Crippen LogP contribution in [0, 0.1) is 5.41 Å². The van der Waals surface area contributed by atoms with Gasteiger partial charge < -0.3 is 26.2 Å². The Morgan fingerprint density at radius 1 is 0.946 bits per heavy atom. The summed E-state index contributed by atoms with van der Waals surface area (Å²) in [5.41, 5.74) is 8.77. The molecule has 190 valence electrons. The van der Waals surface area contributed by atoms with Crippen molar-refractivity contribution in [2.75, 3.05) is 43.6 Å². The summed E-state index contributed by atoms with van der Waals surface area (Å²) in [6.07, 6.45) is 6.51. The maximum absolute atomic E-state index is 12.8. The molecule has 37 heavy (non-hydrogen) atoms. The molecule has 2 aromatic heterocycles. The summed E-state index contributed by atoms with van der Waals surface area (Å²) in [5.74, 6) is -0.804. The van der Waals surface area contributed by atoms with Crippen molar-refractivity contribution in [1.29, 1.82) is 5.41 Å². The van der Waals surface area contributed by atoms with Gasteiger partial charge in [-0.05, 0) is 48.7 Å².